The van der Waals surface area contributed by atoms with E-state index in [0.29, 0.717) is 30.9 Å². The highest BCUT2D eigenvalue weighted by atomic mass is 16.5. The van der Waals surface area contributed by atoms with Crippen LogP contribution in [0.5, 0.6) is 11.5 Å². The van der Waals surface area contributed by atoms with Crippen LogP contribution in [-0.4, -0.2) is 13.0 Å². The summed E-state index contributed by atoms with van der Waals surface area (Å²) in [6.45, 7) is 0.472. The lowest BCUT2D eigenvalue weighted by molar-refractivity contribution is -0.117. The van der Waals surface area contributed by atoms with Gasteiger partial charge in [-0.1, -0.05) is 42.5 Å². The zero-order valence-corrected chi connectivity index (χ0v) is 16.7. The fraction of sp³-hybridized carbons (Fsp3) is 0.200. The van der Waals surface area contributed by atoms with Crippen LogP contribution in [0.2, 0.25) is 0 Å². The van der Waals surface area contributed by atoms with Crippen LogP contribution in [0, 0.1) is 11.3 Å². The van der Waals surface area contributed by atoms with Gasteiger partial charge in [0.1, 0.15) is 18.1 Å². The van der Waals surface area contributed by atoms with E-state index in [-0.39, 0.29) is 5.91 Å². The molecule has 1 heterocycles. The van der Waals surface area contributed by atoms with Gasteiger partial charge in [0.05, 0.1) is 13.2 Å². The number of methoxy groups -OCH3 is 1. The number of anilines is 1. The predicted octanol–water partition coefficient (Wildman–Crippen LogP) is 4.82. The molecule has 30 heavy (non-hydrogen) atoms. The van der Waals surface area contributed by atoms with Crippen molar-refractivity contribution in [1.82, 2.24) is 0 Å². The van der Waals surface area contributed by atoms with Crippen molar-refractivity contribution in [2.45, 2.75) is 25.0 Å². The van der Waals surface area contributed by atoms with Crippen molar-refractivity contribution in [3.05, 3.63) is 90.0 Å². The maximum atomic E-state index is 12.7. The van der Waals surface area contributed by atoms with E-state index in [1.165, 1.54) is 0 Å². The maximum absolute atomic E-state index is 12.7. The molecule has 1 aliphatic heterocycles. The molecule has 5 nitrogen and oxygen atoms in total. The van der Waals surface area contributed by atoms with Gasteiger partial charge in [-0.15, -0.1) is 0 Å². The van der Waals surface area contributed by atoms with Gasteiger partial charge in [-0.2, -0.15) is 5.26 Å². The second-order valence-corrected chi connectivity index (χ2v) is 7.20. The number of nitriles is 1. The van der Waals surface area contributed by atoms with E-state index in [0.717, 1.165) is 16.9 Å². The van der Waals surface area contributed by atoms with Crippen molar-refractivity contribution >= 4 is 11.6 Å². The standard InChI is InChI=1S/C25H22N2O3/c1-29-22-13-9-21(10-14-22)27-24(28)15-16-25(27,18-26)20-7-11-23(12-8-20)30-17-19-5-3-2-4-6-19/h2-14H,15-17H2,1H3/t25-/m0/s1. The summed E-state index contributed by atoms with van der Waals surface area (Å²) >= 11 is 0. The zero-order valence-electron chi connectivity index (χ0n) is 16.7. The Morgan fingerprint density at radius 1 is 0.967 bits per heavy atom. The normalized spacial score (nSPS) is 18.1. The average molecular weight is 398 g/mol. The molecular weight excluding hydrogens is 376 g/mol. The van der Waals surface area contributed by atoms with Crippen LogP contribution in [0.1, 0.15) is 24.0 Å². The Bertz CT molecular complexity index is 1060. The van der Waals surface area contributed by atoms with Gasteiger partial charge in [0.2, 0.25) is 5.91 Å². The lowest BCUT2D eigenvalue weighted by atomic mass is 9.88. The van der Waals surface area contributed by atoms with Gasteiger partial charge < -0.3 is 9.47 Å². The number of rotatable bonds is 6. The van der Waals surface area contributed by atoms with E-state index in [2.05, 4.69) is 6.07 Å². The average Bonchev–Trinajstić information content (AvgIpc) is 3.16. The molecule has 0 N–H and O–H groups in total. The molecule has 0 aliphatic carbocycles. The van der Waals surface area contributed by atoms with Gasteiger partial charge in [0.25, 0.3) is 0 Å². The number of carbonyl (C=O) groups excluding carboxylic acids is 1. The second-order valence-electron chi connectivity index (χ2n) is 7.20. The van der Waals surface area contributed by atoms with Crippen LogP contribution in [0.3, 0.4) is 0 Å². The molecule has 0 unspecified atom stereocenters. The molecule has 3 aromatic rings. The van der Waals surface area contributed by atoms with Crippen LogP contribution in [0.25, 0.3) is 0 Å². The summed E-state index contributed by atoms with van der Waals surface area (Å²) in [7, 11) is 1.59. The van der Waals surface area contributed by atoms with Crippen molar-refractivity contribution < 1.29 is 14.3 Å². The van der Waals surface area contributed by atoms with Crippen molar-refractivity contribution in [2.75, 3.05) is 12.0 Å². The highest BCUT2D eigenvalue weighted by Crippen LogP contribution is 2.43. The van der Waals surface area contributed by atoms with E-state index in [4.69, 9.17) is 9.47 Å². The number of hydrogen-bond donors (Lipinski definition) is 0. The van der Waals surface area contributed by atoms with Crippen molar-refractivity contribution in [1.29, 1.82) is 5.26 Å². The summed E-state index contributed by atoms with van der Waals surface area (Å²) < 4.78 is 11.1. The second kappa shape index (κ2) is 8.30. The number of carbonyl (C=O) groups is 1. The quantitative estimate of drug-likeness (QED) is 0.597. The monoisotopic (exact) mass is 398 g/mol. The first-order chi connectivity index (χ1) is 14.7. The fourth-order valence-corrected chi connectivity index (χ4v) is 3.83. The van der Waals surface area contributed by atoms with E-state index < -0.39 is 5.54 Å². The van der Waals surface area contributed by atoms with Crippen LogP contribution in [0.15, 0.2) is 78.9 Å². The Hall–Kier alpha value is -3.78. The van der Waals surface area contributed by atoms with Crippen LogP contribution >= 0.6 is 0 Å². The van der Waals surface area contributed by atoms with Gasteiger partial charge in [0, 0.05) is 12.1 Å². The fourth-order valence-electron chi connectivity index (χ4n) is 3.83. The number of hydrogen-bond acceptors (Lipinski definition) is 4. The topological polar surface area (TPSA) is 62.6 Å². The highest BCUT2D eigenvalue weighted by molar-refractivity contribution is 5.98. The van der Waals surface area contributed by atoms with E-state index in [1.54, 1.807) is 24.1 Å². The summed E-state index contributed by atoms with van der Waals surface area (Å²) in [5.41, 5.74) is 1.51. The summed E-state index contributed by atoms with van der Waals surface area (Å²) in [5.74, 6) is 1.36. The van der Waals surface area contributed by atoms with Crippen LogP contribution < -0.4 is 14.4 Å². The van der Waals surface area contributed by atoms with Gasteiger partial charge >= 0.3 is 0 Å². The van der Waals surface area contributed by atoms with E-state index in [9.17, 15) is 10.1 Å². The zero-order chi connectivity index (χ0) is 21.0. The molecule has 150 valence electrons. The Morgan fingerprint density at radius 3 is 2.27 bits per heavy atom. The first kappa shape index (κ1) is 19.5. The maximum Gasteiger partial charge on any atom is 0.228 e. The van der Waals surface area contributed by atoms with Gasteiger partial charge in [-0.3, -0.25) is 9.69 Å². The Labute approximate surface area is 176 Å². The Balaban J connectivity index is 1.59. The number of ether oxygens (including phenoxy) is 2. The first-order valence-corrected chi connectivity index (χ1v) is 9.82. The third-order valence-electron chi connectivity index (χ3n) is 5.43. The lowest BCUT2D eigenvalue weighted by Gasteiger charge is -2.33. The molecule has 1 saturated heterocycles. The minimum Gasteiger partial charge on any atom is -0.497 e. The molecule has 0 radical (unpaired) electrons. The number of benzene rings is 3. The predicted molar refractivity (Wildman–Crippen MR) is 114 cm³/mol. The Kier molecular flexibility index (Phi) is 5.40. The minimum atomic E-state index is -1.04. The van der Waals surface area contributed by atoms with E-state index in [1.807, 2.05) is 66.7 Å². The summed E-state index contributed by atoms with van der Waals surface area (Å²) in [6, 6.07) is 27.0. The summed E-state index contributed by atoms with van der Waals surface area (Å²) in [4.78, 5) is 14.3. The summed E-state index contributed by atoms with van der Waals surface area (Å²) in [5, 5.41) is 10.1. The molecule has 0 aromatic heterocycles. The van der Waals surface area contributed by atoms with Crippen molar-refractivity contribution in [3.63, 3.8) is 0 Å². The summed E-state index contributed by atoms with van der Waals surface area (Å²) in [6.07, 6.45) is 0.768. The molecule has 0 spiro atoms. The highest BCUT2D eigenvalue weighted by Gasteiger charge is 2.48. The van der Waals surface area contributed by atoms with Gasteiger partial charge in [-0.25, -0.2) is 0 Å². The SMILES string of the molecule is COc1ccc(N2C(=O)CC[C@]2(C#N)c2ccc(OCc3ccccc3)cc2)cc1. The molecule has 5 heteroatoms. The Morgan fingerprint density at radius 2 is 1.63 bits per heavy atom. The smallest absolute Gasteiger partial charge is 0.228 e. The van der Waals surface area contributed by atoms with Crippen LogP contribution in [-0.2, 0) is 16.9 Å². The molecule has 1 fully saturated rings. The van der Waals surface area contributed by atoms with E-state index >= 15 is 0 Å². The third-order valence-corrected chi connectivity index (χ3v) is 5.43. The van der Waals surface area contributed by atoms with Crippen molar-refractivity contribution in [2.24, 2.45) is 0 Å². The van der Waals surface area contributed by atoms with Crippen molar-refractivity contribution in [3.8, 4) is 17.6 Å². The molecule has 0 bridgehead atoms. The molecule has 1 atom stereocenters. The largest absolute Gasteiger partial charge is 0.497 e. The molecule has 4 rings (SSSR count). The molecule has 3 aromatic carbocycles. The third kappa shape index (κ3) is 3.60. The molecule has 1 aliphatic rings. The lowest BCUT2D eigenvalue weighted by Crippen LogP contribution is -2.42. The van der Waals surface area contributed by atoms with Gasteiger partial charge in [0.15, 0.2) is 5.54 Å². The number of nitrogens with zero attached hydrogens (tertiary/aromatic N) is 2. The molecule has 1 amide bonds. The first-order valence-electron chi connectivity index (χ1n) is 9.82. The molecule has 0 saturated carbocycles. The molecular formula is C25H22N2O3. The minimum absolute atomic E-state index is 0.0638. The van der Waals surface area contributed by atoms with Crippen LogP contribution in [0.4, 0.5) is 5.69 Å². The number of amides is 1. The van der Waals surface area contributed by atoms with Gasteiger partial charge in [-0.05, 0) is 53.9 Å².